The van der Waals surface area contributed by atoms with Gasteiger partial charge in [-0.25, -0.2) is 9.18 Å². The third-order valence-electron chi connectivity index (χ3n) is 3.47. The van der Waals surface area contributed by atoms with Gasteiger partial charge < -0.3 is 10.4 Å². The molecule has 2 aromatic carbocycles. The monoisotopic (exact) mass is 287 g/mol. The van der Waals surface area contributed by atoms with Gasteiger partial charge in [-0.1, -0.05) is 37.3 Å². The third-order valence-corrected chi connectivity index (χ3v) is 3.47. The SMILES string of the molecule is CC(CCNc1ccc(F)cc1C(=O)O)c1ccccc1. The number of carbonyl (C=O) groups is 1. The van der Waals surface area contributed by atoms with Crippen molar-refractivity contribution in [3.8, 4) is 0 Å². The van der Waals surface area contributed by atoms with Crippen LogP contribution in [0.2, 0.25) is 0 Å². The second-order valence-electron chi connectivity index (χ2n) is 5.02. The largest absolute Gasteiger partial charge is 0.478 e. The lowest BCUT2D eigenvalue weighted by Gasteiger charge is -2.14. The molecule has 21 heavy (non-hydrogen) atoms. The van der Waals surface area contributed by atoms with Gasteiger partial charge in [0.25, 0.3) is 0 Å². The van der Waals surface area contributed by atoms with Gasteiger partial charge in [-0.15, -0.1) is 0 Å². The maximum atomic E-state index is 13.1. The van der Waals surface area contributed by atoms with E-state index in [0.29, 0.717) is 18.2 Å². The summed E-state index contributed by atoms with van der Waals surface area (Å²) in [7, 11) is 0. The smallest absolute Gasteiger partial charge is 0.337 e. The predicted octanol–water partition coefficient (Wildman–Crippen LogP) is 4.13. The molecule has 0 aliphatic rings. The van der Waals surface area contributed by atoms with E-state index in [0.717, 1.165) is 12.5 Å². The van der Waals surface area contributed by atoms with Crippen LogP contribution in [0, 0.1) is 5.82 Å². The quantitative estimate of drug-likeness (QED) is 0.840. The van der Waals surface area contributed by atoms with Crippen LogP contribution < -0.4 is 5.32 Å². The summed E-state index contributed by atoms with van der Waals surface area (Å²) in [6.45, 7) is 2.75. The van der Waals surface area contributed by atoms with Crippen molar-refractivity contribution in [1.82, 2.24) is 0 Å². The molecule has 0 saturated heterocycles. The molecule has 0 aliphatic carbocycles. The summed E-state index contributed by atoms with van der Waals surface area (Å²) >= 11 is 0. The van der Waals surface area contributed by atoms with Gasteiger partial charge >= 0.3 is 5.97 Å². The summed E-state index contributed by atoms with van der Waals surface area (Å²) in [5.74, 6) is -1.31. The van der Waals surface area contributed by atoms with Crippen molar-refractivity contribution in [3.05, 3.63) is 65.5 Å². The van der Waals surface area contributed by atoms with Crippen molar-refractivity contribution in [2.75, 3.05) is 11.9 Å². The van der Waals surface area contributed by atoms with Crippen molar-refractivity contribution in [2.24, 2.45) is 0 Å². The van der Waals surface area contributed by atoms with E-state index in [2.05, 4.69) is 24.4 Å². The fourth-order valence-electron chi connectivity index (χ4n) is 2.22. The zero-order valence-corrected chi connectivity index (χ0v) is 11.8. The van der Waals surface area contributed by atoms with Crippen LogP contribution in [0.25, 0.3) is 0 Å². The van der Waals surface area contributed by atoms with Crippen LogP contribution in [0.1, 0.15) is 35.2 Å². The van der Waals surface area contributed by atoms with Gasteiger partial charge in [0.05, 0.1) is 5.56 Å². The van der Waals surface area contributed by atoms with E-state index in [1.807, 2.05) is 18.2 Å². The molecule has 0 aliphatic heterocycles. The van der Waals surface area contributed by atoms with Crippen LogP contribution >= 0.6 is 0 Å². The first-order valence-corrected chi connectivity index (χ1v) is 6.89. The highest BCUT2D eigenvalue weighted by atomic mass is 19.1. The number of rotatable bonds is 6. The number of benzene rings is 2. The number of hydrogen-bond acceptors (Lipinski definition) is 2. The Morgan fingerprint density at radius 1 is 1.24 bits per heavy atom. The van der Waals surface area contributed by atoms with E-state index in [-0.39, 0.29) is 5.56 Å². The van der Waals surface area contributed by atoms with E-state index < -0.39 is 11.8 Å². The molecule has 0 saturated carbocycles. The average molecular weight is 287 g/mol. The standard InChI is InChI=1S/C17H18FNO2/c1-12(13-5-3-2-4-6-13)9-10-19-16-8-7-14(18)11-15(16)17(20)21/h2-8,11-12,19H,9-10H2,1H3,(H,20,21). The van der Waals surface area contributed by atoms with E-state index >= 15 is 0 Å². The summed E-state index contributed by atoms with van der Waals surface area (Å²) in [5, 5.41) is 12.1. The maximum absolute atomic E-state index is 13.1. The third kappa shape index (κ3) is 4.05. The minimum atomic E-state index is -1.13. The number of nitrogens with one attached hydrogen (secondary N) is 1. The summed E-state index contributed by atoms with van der Waals surface area (Å²) in [4.78, 5) is 11.1. The summed E-state index contributed by atoms with van der Waals surface area (Å²) in [6.07, 6.45) is 0.862. The van der Waals surface area contributed by atoms with Crippen LogP contribution in [-0.2, 0) is 0 Å². The Bertz CT molecular complexity index is 613. The van der Waals surface area contributed by atoms with Crippen LogP contribution in [-0.4, -0.2) is 17.6 Å². The Hall–Kier alpha value is -2.36. The Kier molecular flexibility index (Phi) is 4.93. The van der Waals surface area contributed by atoms with Crippen molar-refractivity contribution < 1.29 is 14.3 Å². The van der Waals surface area contributed by atoms with E-state index in [1.54, 1.807) is 0 Å². The fraction of sp³-hybridized carbons (Fsp3) is 0.235. The van der Waals surface area contributed by atoms with Crippen molar-refractivity contribution >= 4 is 11.7 Å². The lowest BCUT2D eigenvalue weighted by atomic mass is 9.98. The molecule has 3 nitrogen and oxygen atoms in total. The molecule has 0 bridgehead atoms. The zero-order chi connectivity index (χ0) is 15.2. The molecule has 1 atom stereocenters. The number of carboxylic acid groups (broad SMARTS) is 1. The van der Waals surface area contributed by atoms with E-state index in [1.165, 1.54) is 17.7 Å². The number of hydrogen-bond donors (Lipinski definition) is 2. The minimum absolute atomic E-state index is 0.0395. The highest BCUT2D eigenvalue weighted by Gasteiger charge is 2.11. The Morgan fingerprint density at radius 3 is 2.62 bits per heavy atom. The maximum Gasteiger partial charge on any atom is 0.337 e. The molecule has 0 spiro atoms. The first-order valence-electron chi connectivity index (χ1n) is 6.89. The summed E-state index contributed by atoms with van der Waals surface area (Å²) < 4.78 is 13.1. The van der Waals surface area contributed by atoms with Gasteiger partial charge in [0.1, 0.15) is 5.82 Å². The first kappa shape index (κ1) is 15.0. The van der Waals surface area contributed by atoms with Gasteiger partial charge in [-0.3, -0.25) is 0 Å². The number of aromatic carboxylic acids is 1. The second kappa shape index (κ2) is 6.88. The van der Waals surface area contributed by atoms with Gasteiger partial charge in [-0.2, -0.15) is 0 Å². The van der Waals surface area contributed by atoms with Gasteiger partial charge in [-0.05, 0) is 36.1 Å². The van der Waals surface area contributed by atoms with Crippen molar-refractivity contribution in [2.45, 2.75) is 19.3 Å². The number of carboxylic acids is 1. The Balaban J connectivity index is 1.96. The molecular formula is C17H18FNO2. The lowest BCUT2D eigenvalue weighted by molar-refractivity contribution is 0.0697. The summed E-state index contributed by atoms with van der Waals surface area (Å²) in [5.41, 5.74) is 1.66. The van der Waals surface area contributed by atoms with Crippen LogP contribution in [0.5, 0.6) is 0 Å². The molecule has 1 unspecified atom stereocenters. The molecule has 2 aromatic rings. The van der Waals surface area contributed by atoms with E-state index in [4.69, 9.17) is 5.11 Å². The predicted molar refractivity (Wildman–Crippen MR) is 81.3 cm³/mol. The van der Waals surface area contributed by atoms with Gasteiger partial charge in [0, 0.05) is 12.2 Å². The topological polar surface area (TPSA) is 49.3 Å². The fourth-order valence-corrected chi connectivity index (χ4v) is 2.22. The molecular weight excluding hydrogens is 269 g/mol. The van der Waals surface area contributed by atoms with Crippen molar-refractivity contribution in [1.29, 1.82) is 0 Å². The Morgan fingerprint density at radius 2 is 1.95 bits per heavy atom. The zero-order valence-electron chi connectivity index (χ0n) is 11.8. The Labute approximate surface area is 123 Å². The minimum Gasteiger partial charge on any atom is -0.478 e. The normalized spacial score (nSPS) is 11.9. The van der Waals surface area contributed by atoms with E-state index in [9.17, 15) is 9.18 Å². The molecule has 0 fully saturated rings. The molecule has 2 N–H and O–H groups in total. The van der Waals surface area contributed by atoms with Crippen molar-refractivity contribution in [3.63, 3.8) is 0 Å². The molecule has 110 valence electrons. The highest BCUT2D eigenvalue weighted by Crippen LogP contribution is 2.20. The molecule has 2 rings (SSSR count). The highest BCUT2D eigenvalue weighted by molar-refractivity contribution is 5.94. The molecule has 4 heteroatoms. The number of halogens is 1. The molecule has 0 aromatic heterocycles. The average Bonchev–Trinajstić information content (AvgIpc) is 2.49. The summed E-state index contributed by atoms with van der Waals surface area (Å²) in [6, 6.07) is 13.9. The van der Waals surface area contributed by atoms with Gasteiger partial charge in [0.15, 0.2) is 0 Å². The number of anilines is 1. The first-order chi connectivity index (χ1) is 10.1. The lowest BCUT2D eigenvalue weighted by Crippen LogP contribution is -2.10. The molecule has 0 heterocycles. The van der Waals surface area contributed by atoms with Crippen LogP contribution in [0.15, 0.2) is 48.5 Å². The van der Waals surface area contributed by atoms with Crippen LogP contribution in [0.4, 0.5) is 10.1 Å². The van der Waals surface area contributed by atoms with Gasteiger partial charge in [0.2, 0.25) is 0 Å². The van der Waals surface area contributed by atoms with Crippen LogP contribution in [0.3, 0.4) is 0 Å². The molecule has 0 amide bonds. The second-order valence-corrected chi connectivity index (χ2v) is 5.02. The molecule has 0 radical (unpaired) electrons.